The molecule has 3 unspecified atom stereocenters. The van der Waals surface area contributed by atoms with E-state index in [4.69, 9.17) is 9.47 Å². The van der Waals surface area contributed by atoms with Gasteiger partial charge in [-0.25, -0.2) is 4.79 Å². The van der Waals surface area contributed by atoms with E-state index in [1.807, 2.05) is 0 Å². The van der Waals surface area contributed by atoms with Gasteiger partial charge >= 0.3 is 12.1 Å². The molecule has 2 fully saturated rings. The van der Waals surface area contributed by atoms with Crippen LogP contribution in [0.5, 0.6) is 0 Å². The molecule has 1 aliphatic carbocycles. The topological polar surface area (TPSA) is 55.8 Å². The van der Waals surface area contributed by atoms with E-state index >= 15 is 0 Å². The maximum atomic E-state index is 12.7. The van der Waals surface area contributed by atoms with Crippen molar-refractivity contribution in [3.05, 3.63) is 12.7 Å². The number of hydrogen-bond donors (Lipinski definition) is 1. The molecule has 4 nitrogen and oxygen atoms in total. The highest BCUT2D eigenvalue weighted by Crippen LogP contribution is 2.53. The third kappa shape index (κ3) is 1.91. The quantitative estimate of drug-likeness (QED) is 0.610. The number of alkyl halides is 3. The number of ether oxygens (including phenoxy) is 2. The molecular formula is C11H13F3O4. The zero-order valence-electron chi connectivity index (χ0n) is 9.50. The fourth-order valence-electron chi connectivity index (χ4n) is 2.62. The lowest BCUT2D eigenvalue weighted by Crippen LogP contribution is -2.46. The fraction of sp³-hybridized carbons (Fsp3) is 0.727. The Bertz CT molecular complexity index is 381. The molecule has 1 saturated carbocycles. The molecular weight excluding hydrogens is 253 g/mol. The van der Waals surface area contributed by atoms with E-state index < -0.39 is 36.1 Å². The van der Waals surface area contributed by atoms with E-state index in [9.17, 15) is 23.1 Å². The summed E-state index contributed by atoms with van der Waals surface area (Å²) in [5, 5.41) is 9.52. The second-order valence-corrected chi connectivity index (χ2v) is 4.65. The van der Waals surface area contributed by atoms with Crippen LogP contribution in [-0.4, -0.2) is 34.7 Å². The molecule has 3 atom stereocenters. The minimum atomic E-state index is -4.91. The summed E-state index contributed by atoms with van der Waals surface area (Å²) in [4.78, 5) is 11.2. The van der Waals surface area contributed by atoms with E-state index in [2.05, 4.69) is 6.58 Å². The second kappa shape index (κ2) is 3.96. The lowest BCUT2D eigenvalue weighted by molar-refractivity contribution is -0.357. The van der Waals surface area contributed by atoms with Crippen LogP contribution in [0, 0.1) is 0 Å². The third-order valence-electron chi connectivity index (χ3n) is 3.44. The predicted octanol–water partition coefficient (Wildman–Crippen LogP) is 1.68. The van der Waals surface area contributed by atoms with Gasteiger partial charge in [0, 0.05) is 6.08 Å². The van der Waals surface area contributed by atoms with Crippen LogP contribution < -0.4 is 0 Å². The monoisotopic (exact) mass is 266 g/mol. The highest BCUT2D eigenvalue weighted by atomic mass is 19.4. The van der Waals surface area contributed by atoms with Gasteiger partial charge in [0.15, 0.2) is 0 Å². The molecule has 0 spiro atoms. The summed E-state index contributed by atoms with van der Waals surface area (Å²) in [5.74, 6) is -4.04. The number of fused-ring (bicyclic) bond motifs is 1. The fourth-order valence-corrected chi connectivity index (χ4v) is 2.62. The Kier molecular flexibility index (Phi) is 2.94. The number of aliphatic hydroxyl groups is 1. The SMILES string of the molecule is C=CC(=O)OC12CCCC1OC(O)(C(F)(F)F)C2. The largest absolute Gasteiger partial charge is 0.453 e. The first-order valence-electron chi connectivity index (χ1n) is 5.55. The Labute approximate surface area is 101 Å². The average molecular weight is 266 g/mol. The smallest absolute Gasteiger partial charge is 0.443 e. The van der Waals surface area contributed by atoms with E-state index in [-0.39, 0.29) is 6.42 Å². The normalized spacial score (nSPS) is 39.4. The van der Waals surface area contributed by atoms with Crippen molar-refractivity contribution >= 4 is 5.97 Å². The van der Waals surface area contributed by atoms with Gasteiger partial charge in [-0.1, -0.05) is 6.58 Å². The van der Waals surface area contributed by atoms with E-state index in [0.717, 1.165) is 6.08 Å². The molecule has 1 heterocycles. The molecule has 0 aromatic carbocycles. The molecule has 1 N–H and O–H groups in total. The van der Waals surface area contributed by atoms with Crippen molar-refractivity contribution in [3.63, 3.8) is 0 Å². The third-order valence-corrected chi connectivity index (χ3v) is 3.44. The minimum absolute atomic E-state index is 0.246. The lowest BCUT2D eigenvalue weighted by atomic mass is 9.93. The van der Waals surface area contributed by atoms with Crippen LogP contribution in [0.4, 0.5) is 13.2 Å². The van der Waals surface area contributed by atoms with Gasteiger partial charge in [-0.15, -0.1) is 0 Å². The van der Waals surface area contributed by atoms with Crippen LogP contribution in [0.3, 0.4) is 0 Å². The molecule has 0 aromatic heterocycles. The Hall–Kier alpha value is -1.08. The highest BCUT2D eigenvalue weighted by Gasteiger charge is 2.69. The van der Waals surface area contributed by atoms with Crippen LogP contribution in [0.1, 0.15) is 25.7 Å². The second-order valence-electron chi connectivity index (χ2n) is 4.65. The molecule has 0 radical (unpaired) electrons. The van der Waals surface area contributed by atoms with Gasteiger partial charge in [-0.3, -0.25) is 0 Å². The Balaban J connectivity index is 2.25. The van der Waals surface area contributed by atoms with Crippen molar-refractivity contribution < 1.29 is 32.5 Å². The minimum Gasteiger partial charge on any atom is -0.453 e. The molecule has 18 heavy (non-hydrogen) atoms. The standard InChI is InChI=1S/C11H13F3O4/c1-2-8(15)18-9-5-3-4-7(9)17-10(16,6-9)11(12,13)14/h2,7,16H,1,3-6H2. The Morgan fingerprint density at radius 3 is 2.78 bits per heavy atom. The lowest BCUT2D eigenvalue weighted by Gasteiger charge is -2.28. The first-order chi connectivity index (χ1) is 8.22. The van der Waals surface area contributed by atoms with E-state index in [1.165, 1.54) is 0 Å². The molecule has 1 aliphatic heterocycles. The van der Waals surface area contributed by atoms with Gasteiger partial charge in [0.1, 0.15) is 11.7 Å². The van der Waals surface area contributed by atoms with Gasteiger partial charge in [-0.2, -0.15) is 13.2 Å². The number of carbonyl (C=O) groups is 1. The number of hydrogen-bond acceptors (Lipinski definition) is 4. The van der Waals surface area contributed by atoms with E-state index in [1.54, 1.807) is 0 Å². The number of halogens is 3. The zero-order valence-corrected chi connectivity index (χ0v) is 9.50. The Morgan fingerprint density at radius 2 is 2.22 bits per heavy atom. The first kappa shape index (κ1) is 13.4. The molecule has 2 aliphatic rings. The molecule has 0 amide bonds. The van der Waals surface area contributed by atoms with Crippen LogP contribution in [-0.2, 0) is 14.3 Å². The highest BCUT2D eigenvalue weighted by molar-refractivity contribution is 5.81. The molecule has 102 valence electrons. The van der Waals surface area contributed by atoms with E-state index in [0.29, 0.717) is 12.8 Å². The summed E-state index contributed by atoms with van der Waals surface area (Å²) in [6, 6.07) is 0. The van der Waals surface area contributed by atoms with Crippen LogP contribution in [0.25, 0.3) is 0 Å². The number of rotatable bonds is 2. The molecule has 0 aromatic rings. The summed E-state index contributed by atoms with van der Waals surface area (Å²) in [7, 11) is 0. The van der Waals surface area contributed by atoms with Gasteiger partial charge in [-0.05, 0) is 19.3 Å². The van der Waals surface area contributed by atoms with Crippen LogP contribution >= 0.6 is 0 Å². The van der Waals surface area contributed by atoms with Gasteiger partial charge in [0.2, 0.25) is 0 Å². The van der Waals surface area contributed by atoms with Crippen LogP contribution in [0.2, 0.25) is 0 Å². The van der Waals surface area contributed by atoms with Crippen molar-refractivity contribution in [1.29, 1.82) is 0 Å². The Morgan fingerprint density at radius 1 is 1.56 bits per heavy atom. The summed E-state index contributed by atoms with van der Waals surface area (Å²) >= 11 is 0. The van der Waals surface area contributed by atoms with Crippen molar-refractivity contribution in [2.75, 3.05) is 0 Å². The number of esters is 1. The van der Waals surface area contributed by atoms with Crippen LogP contribution in [0.15, 0.2) is 12.7 Å². The molecule has 0 bridgehead atoms. The average Bonchev–Trinajstić information content (AvgIpc) is 2.70. The maximum Gasteiger partial charge on any atom is 0.443 e. The van der Waals surface area contributed by atoms with Gasteiger partial charge in [0.25, 0.3) is 5.79 Å². The van der Waals surface area contributed by atoms with Crippen molar-refractivity contribution in [2.45, 2.75) is 49.4 Å². The van der Waals surface area contributed by atoms with Crippen molar-refractivity contribution in [1.82, 2.24) is 0 Å². The van der Waals surface area contributed by atoms with Crippen molar-refractivity contribution in [2.24, 2.45) is 0 Å². The molecule has 2 rings (SSSR count). The summed E-state index contributed by atoms with van der Waals surface area (Å²) in [6.45, 7) is 3.20. The predicted molar refractivity (Wildman–Crippen MR) is 53.4 cm³/mol. The number of carbonyl (C=O) groups excluding carboxylic acids is 1. The zero-order chi connectivity index (χ0) is 13.6. The van der Waals surface area contributed by atoms with Crippen molar-refractivity contribution in [3.8, 4) is 0 Å². The first-order valence-corrected chi connectivity index (χ1v) is 5.55. The summed E-state index contributed by atoms with van der Waals surface area (Å²) < 4.78 is 47.8. The maximum absolute atomic E-state index is 12.7. The summed E-state index contributed by atoms with van der Waals surface area (Å²) in [6.07, 6.45) is -4.58. The molecule has 7 heteroatoms. The van der Waals surface area contributed by atoms with Gasteiger partial charge in [0.05, 0.1) is 6.42 Å². The molecule has 1 saturated heterocycles. The van der Waals surface area contributed by atoms with Gasteiger partial charge < -0.3 is 14.6 Å². The summed E-state index contributed by atoms with van der Waals surface area (Å²) in [5.41, 5.74) is -1.39.